The van der Waals surface area contributed by atoms with E-state index in [9.17, 15) is 13.2 Å². The highest BCUT2D eigenvalue weighted by Crippen LogP contribution is 2.11. The van der Waals surface area contributed by atoms with E-state index in [4.69, 9.17) is 4.74 Å². The van der Waals surface area contributed by atoms with Crippen LogP contribution in [0.5, 0.6) is 0 Å². The van der Waals surface area contributed by atoms with Gasteiger partial charge in [0.1, 0.15) is 0 Å². The molecule has 20 heavy (non-hydrogen) atoms. The van der Waals surface area contributed by atoms with Crippen molar-refractivity contribution in [2.24, 2.45) is 0 Å². The van der Waals surface area contributed by atoms with Gasteiger partial charge in [0.2, 0.25) is 10.0 Å². The lowest BCUT2D eigenvalue weighted by Gasteiger charge is -2.07. The van der Waals surface area contributed by atoms with E-state index in [0.717, 1.165) is 24.7 Å². The number of hydrogen-bond acceptors (Lipinski definition) is 4. The van der Waals surface area contributed by atoms with E-state index in [-0.39, 0.29) is 0 Å². The Balaban J connectivity index is 2.33. The van der Waals surface area contributed by atoms with Crippen molar-refractivity contribution in [2.75, 3.05) is 24.1 Å². The summed E-state index contributed by atoms with van der Waals surface area (Å²) in [6.45, 7) is 2.66. The molecule has 2 N–H and O–H groups in total. The molecular weight excluding hydrogens is 280 g/mol. The number of alkyl carbamates (subject to hydrolysis) is 1. The lowest BCUT2D eigenvalue weighted by Crippen LogP contribution is -2.25. The van der Waals surface area contributed by atoms with Gasteiger partial charge in [0, 0.05) is 12.2 Å². The predicted molar refractivity (Wildman–Crippen MR) is 78.3 cm³/mol. The van der Waals surface area contributed by atoms with Gasteiger partial charge in [-0.2, -0.15) is 0 Å². The number of nitrogens with one attached hydrogen (secondary N) is 2. The molecule has 1 aromatic carbocycles. The normalized spacial score (nSPS) is 10.9. The zero-order valence-corrected chi connectivity index (χ0v) is 12.5. The summed E-state index contributed by atoms with van der Waals surface area (Å²) in [6, 6.07) is 7.15. The third-order valence-electron chi connectivity index (χ3n) is 2.44. The summed E-state index contributed by atoms with van der Waals surface area (Å²) >= 11 is 0. The smallest absolute Gasteiger partial charge is 0.407 e. The zero-order valence-electron chi connectivity index (χ0n) is 11.7. The topological polar surface area (TPSA) is 84.5 Å². The van der Waals surface area contributed by atoms with Crippen LogP contribution in [0, 0.1) is 0 Å². The second-order valence-corrected chi connectivity index (χ2v) is 6.07. The standard InChI is InChI=1S/C13H20N2O4S/c1-3-19-13(16)14-10-4-5-11-6-8-12(9-7-11)15-20(2,17)18/h6-9,15H,3-5,10H2,1-2H3,(H,14,16). The van der Waals surface area contributed by atoms with Crippen molar-refractivity contribution in [1.29, 1.82) is 0 Å². The molecule has 0 atom stereocenters. The third kappa shape index (κ3) is 6.98. The van der Waals surface area contributed by atoms with E-state index in [1.807, 2.05) is 12.1 Å². The molecule has 0 aliphatic heterocycles. The first-order valence-electron chi connectivity index (χ1n) is 6.38. The van der Waals surface area contributed by atoms with Crippen LogP contribution in [0.2, 0.25) is 0 Å². The number of amides is 1. The van der Waals surface area contributed by atoms with Crippen LogP contribution in [-0.2, 0) is 21.2 Å². The number of ether oxygens (including phenoxy) is 1. The summed E-state index contributed by atoms with van der Waals surface area (Å²) in [4.78, 5) is 11.0. The molecule has 0 radical (unpaired) electrons. The van der Waals surface area contributed by atoms with Gasteiger partial charge < -0.3 is 10.1 Å². The van der Waals surface area contributed by atoms with Crippen LogP contribution in [0.3, 0.4) is 0 Å². The number of benzene rings is 1. The van der Waals surface area contributed by atoms with Crippen molar-refractivity contribution in [3.63, 3.8) is 0 Å². The fraction of sp³-hybridized carbons (Fsp3) is 0.462. The molecule has 0 fully saturated rings. The minimum absolute atomic E-state index is 0.362. The van der Waals surface area contributed by atoms with Crippen molar-refractivity contribution >= 4 is 21.8 Å². The van der Waals surface area contributed by atoms with E-state index in [1.54, 1.807) is 19.1 Å². The molecule has 0 aromatic heterocycles. The number of anilines is 1. The highest BCUT2D eigenvalue weighted by atomic mass is 32.2. The van der Waals surface area contributed by atoms with Crippen molar-refractivity contribution in [1.82, 2.24) is 5.32 Å². The predicted octanol–water partition coefficient (Wildman–Crippen LogP) is 1.74. The fourth-order valence-electron chi connectivity index (χ4n) is 1.62. The summed E-state index contributed by atoms with van der Waals surface area (Å²) in [5.74, 6) is 0. The van der Waals surface area contributed by atoms with Gasteiger partial charge in [-0.25, -0.2) is 13.2 Å². The maximum atomic E-state index is 11.1. The number of carbonyl (C=O) groups is 1. The lowest BCUT2D eigenvalue weighted by molar-refractivity contribution is 0.152. The summed E-state index contributed by atoms with van der Waals surface area (Å²) in [5.41, 5.74) is 1.62. The van der Waals surface area contributed by atoms with Gasteiger partial charge in [-0.3, -0.25) is 4.72 Å². The molecule has 1 amide bonds. The van der Waals surface area contributed by atoms with Crippen molar-refractivity contribution < 1.29 is 17.9 Å². The summed E-state index contributed by atoms with van der Waals surface area (Å²) in [6.07, 6.45) is 2.30. The minimum atomic E-state index is -3.24. The van der Waals surface area contributed by atoms with E-state index in [1.165, 1.54) is 0 Å². The summed E-state index contributed by atoms with van der Waals surface area (Å²) in [5, 5.41) is 2.64. The SMILES string of the molecule is CCOC(=O)NCCCc1ccc(NS(C)(=O)=O)cc1. The molecule has 6 nitrogen and oxygen atoms in total. The van der Waals surface area contributed by atoms with Gasteiger partial charge in [-0.1, -0.05) is 12.1 Å². The van der Waals surface area contributed by atoms with Crippen molar-refractivity contribution in [3.8, 4) is 0 Å². The third-order valence-corrected chi connectivity index (χ3v) is 3.05. The quantitative estimate of drug-likeness (QED) is 0.751. The number of hydrogen-bond donors (Lipinski definition) is 2. The lowest BCUT2D eigenvalue weighted by atomic mass is 10.1. The second kappa shape index (κ2) is 7.74. The molecule has 0 aliphatic rings. The van der Waals surface area contributed by atoms with E-state index in [2.05, 4.69) is 10.0 Å². The molecule has 0 saturated carbocycles. The Bertz CT molecular complexity index is 526. The molecule has 0 spiro atoms. The van der Waals surface area contributed by atoms with Crippen LogP contribution in [0.25, 0.3) is 0 Å². The van der Waals surface area contributed by atoms with Crippen LogP contribution in [0.1, 0.15) is 18.9 Å². The Morgan fingerprint density at radius 2 is 1.90 bits per heavy atom. The fourth-order valence-corrected chi connectivity index (χ4v) is 2.18. The number of aryl methyl sites for hydroxylation is 1. The maximum absolute atomic E-state index is 11.1. The van der Waals surface area contributed by atoms with Crippen molar-refractivity contribution in [2.45, 2.75) is 19.8 Å². The van der Waals surface area contributed by atoms with Crippen LogP contribution >= 0.6 is 0 Å². The van der Waals surface area contributed by atoms with Gasteiger partial charge in [-0.15, -0.1) is 0 Å². The van der Waals surface area contributed by atoms with Crippen LogP contribution in [0.4, 0.5) is 10.5 Å². The first-order valence-corrected chi connectivity index (χ1v) is 8.27. The molecule has 0 heterocycles. The van der Waals surface area contributed by atoms with Crippen LogP contribution < -0.4 is 10.0 Å². The Labute approximate surface area is 119 Å². The first-order chi connectivity index (χ1) is 9.40. The molecule has 112 valence electrons. The molecule has 0 aliphatic carbocycles. The largest absolute Gasteiger partial charge is 0.450 e. The monoisotopic (exact) mass is 300 g/mol. The summed E-state index contributed by atoms with van der Waals surface area (Å²) < 4.78 is 29.2. The second-order valence-electron chi connectivity index (χ2n) is 4.32. The molecule has 1 rings (SSSR count). The van der Waals surface area contributed by atoms with Crippen LogP contribution in [0.15, 0.2) is 24.3 Å². The van der Waals surface area contributed by atoms with Gasteiger partial charge >= 0.3 is 6.09 Å². The molecule has 1 aromatic rings. The summed E-state index contributed by atoms with van der Waals surface area (Å²) in [7, 11) is -3.24. The van der Waals surface area contributed by atoms with E-state index >= 15 is 0 Å². The van der Waals surface area contributed by atoms with Gasteiger partial charge in [0.05, 0.1) is 12.9 Å². The van der Waals surface area contributed by atoms with Gasteiger partial charge in [-0.05, 0) is 37.5 Å². The van der Waals surface area contributed by atoms with Crippen molar-refractivity contribution in [3.05, 3.63) is 29.8 Å². The molecule has 0 bridgehead atoms. The van der Waals surface area contributed by atoms with Gasteiger partial charge in [0.15, 0.2) is 0 Å². The number of carbonyl (C=O) groups excluding carboxylic acids is 1. The van der Waals surface area contributed by atoms with Gasteiger partial charge in [0.25, 0.3) is 0 Å². The Morgan fingerprint density at radius 3 is 2.45 bits per heavy atom. The highest BCUT2D eigenvalue weighted by Gasteiger charge is 2.02. The van der Waals surface area contributed by atoms with E-state index in [0.29, 0.717) is 18.8 Å². The molecular formula is C13H20N2O4S. The molecule has 0 unspecified atom stereocenters. The molecule has 7 heteroatoms. The average molecular weight is 300 g/mol. The average Bonchev–Trinajstić information content (AvgIpc) is 2.35. The first kappa shape index (κ1) is 16.3. The minimum Gasteiger partial charge on any atom is -0.450 e. The van der Waals surface area contributed by atoms with Crippen LogP contribution in [-0.4, -0.2) is 33.9 Å². The number of rotatable bonds is 7. The van der Waals surface area contributed by atoms with E-state index < -0.39 is 16.1 Å². The Morgan fingerprint density at radius 1 is 1.25 bits per heavy atom. The Kier molecular flexibility index (Phi) is 6.30. The maximum Gasteiger partial charge on any atom is 0.407 e. The Hall–Kier alpha value is -1.76. The molecule has 0 saturated heterocycles. The number of sulfonamides is 1. The highest BCUT2D eigenvalue weighted by molar-refractivity contribution is 7.92. The zero-order chi connectivity index (χ0) is 15.0.